The molecule has 0 radical (unpaired) electrons. The Morgan fingerprint density at radius 1 is 0.648 bits per heavy atom. The van der Waals surface area contributed by atoms with Crippen molar-refractivity contribution in [1.29, 1.82) is 0 Å². The molecule has 0 aliphatic rings. The minimum atomic E-state index is -4.67. The zero-order valence-corrected chi connectivity index (χ0v) is 34.3. The third-order valence-corrected chi connectivity index (χ3v) is 9.17. The van der Waals surface area contributed by atoms with E-state index in [-0.39, 0.29) is 19.4 Å². The molecule has 4 atom stereocenters. The largest absolute Gasteiger partial charge is 0.472 e. The summed E-state index contributed by atoms with van der Waals surface area (Å²) >= 11 is 0. The minimum absolute atomic E-state index is 0.0482. The number of ether oxygens (including phenoxy) is 2. The number of hydrogen-bond acceptors (Lipinski definition) is 10. The van der Waals surface area contributed by atoms with Crippen molar-refractivity contribution in [3.8, 4) is 0 Å². The summed E-state index contributed by atoms with van der Waals surface area (Å²) in [5.74, 6) is -0.357. The van der Waals surface area contributed by atoms with Gasteiger partial charge in [-0.3, -0.25) is 18.6 Å². The molecule has 54 heavy (non-hydrogen) atoms. The molecule has 0 fully saturated rings. The van der Waals surface area contributed by atoms with E-state index in [9.17, 15) is 29.3 Å². The SMILES string of the molecule is CC/C=C\C/C=C\C/C=C\C/C=C\C=C\C(O)CCCC(=O)O[C@H](COC(=O)CCCCCCCCCCCCC(C)C)COP(=O)(O)OC[C@@H](O)CO. The smallest absolute Gasteiger partial charge is 0.462 e. The third kappa shape index (κ3) is 36.6. The van der Waals surface area contributed by atoms with Crippen molar-refractivity contribution >= 4 is 19.8 Å². The van der Waals surface area contributed by atoms with Crippen LogP contribution >= 0.6 is 7.82 Å². The number of esters is 2. The second-order valence-corrected chi connectivity index (χ2v) is 15.4. The lowest BCUT2D eigenvalue weighted by Gasteiger charge is -2.20. The van der Waals surface area contributed by atoms with Crippen LogP contribution in [0.1, 0.15) is 143 Å². The van der Waals surface area contributed by atoms with E-state index in [4.69, 9.17) is 19.1 Å². The standard InChI is InChI=1S/C42H73O11P/c1-4-5-6-7-8-9-10-11-12-16-19-22-25-29-38(44)30-27-32-42(47)53-40(36-52-54(48,49)51-34-39(45)33-43)35-50-41(46)31-26-23-20-17-14-13-15-18-21-24-28-37(2)3/h5-6,8-9,11-12,19,22,25,29,37-40,43-45H,4,7,10,13-18,20-21,23-24,26-28,30-36H2,1-3H3,(H,48,49)/b6-5-,9-8-,12-11-,22-19-,29-25+/t38?,39-,40+/m0/s1. The van der Waals surface area contributed by atoms with Gasteiger partial charge in [0, 0.05) is 12.8 Å². The monoisotopic (exact) mass is 784 g/mol. The maximum absolute atomic E-state index is 12.6. The number of unbranched alkanes of at least 4 members (excludes halogenated alkanes) is 9. The molecule has 0 spiro atoms. The topological polar surface area (TPSA) is 169 Å². The average Bonchev–Trinajstić information content (AvgIpc) is 3.13. The Balaban J connectivity index is 4.57. The van der Waals surface area contributed by atoms with Crippen LogP contribution in [0.25, 0.3) is 0 Å². The predicted octanol–water partition coefficient (Wildman–Crippen LogP) is 9.16. The summed E-state index contributed by atoms with van der Waals surface area (Å²) in [6, 6.07) is 0. The van der Waals surface area contributed by atoms with Crippen LogP contribution in [-0.2, 0) is 32.7 Å². The van der Waals surface area contributed by atoms with Crippen LogP contribution in [-0.4, -0.2) is 76.9 Å². The molecule has 11 nitrogen and oxygen atoms in total. The molecule has 0 aromatic carbocycles. The molecule has 0 heterocycles. The highest BCUT2D eigenvalue weighted by Gasteiger charge is 2.27. The van der Waals surface area contributed by atoms with Gasteiger partial charge in [0.1, 0.15) is 12.7 Å². The molecule has 0 aliphatic carbocycles. The molecule has 0 aromatic heterocycles. The Labute approximate surface area is 326 Å². The molecule has 4 N–H and O–H groups in total. The van der Waals surface area contributed by atoms with Gasteiger partial charge in [0.05, 0.1) is 25.9 Å². The summed E-state index contributed by atoms with van der Waals surface area (Å²) in [4.78, 5) is 34.9. The van der Waals surface area contributed by atoms with Gasteiger partial charge in [-0.05, 0) is 50.9 Å². The first-order valence-corrected chi connectivity index (χ1v) is 21.7. The lowest BCUT2D eigenvalue weighted by atomic mass is 10.0. The first kappa shape index (κ1) is 51.6. The Hall–Kier alpha value is -2.37. The zero-order chi connectivity index (χ0) is 40.1. The van der Waals surface area contributed by atoms with Crippen LogP contribution in [0.2, 0.25) is 0 Å². The average molecular weight is 785 g/mol. The number of aliphatic hydroxyl groups excluding tert-OH is 3. The Morgan fingerprint density at radius 2 is 1.19 bits per heavy atom. The molecule has 0 rings (SSSR count). The number of carbonyl (C=O) groups excluding carboxylic acids is 2. The quantitative estimate of drug-likeness (QED) is 0.0157. The van der Waals surface area contributed by atoms with E-state index in [1.54, 1.807) is 12.2 Å². The van der Waals surface area contributed by atoms with Crippen molar-refractivity contribution in [2.24, 2.45) is 5.92 Å². The fourth-order valence-electron chi connectivity index (χ4n) is 5.09. The number of phosphoric acid groups is 1. The molecule has 312 valence electrons. The molecule has 2 unspecified atom stereocenters. The maximum atomic E-state index is 12.6. The highest BCUT2D eigenvalue weighted by atomic mass is 31.2. The summed E-state index contributed by atoms with van der Waals surface area (Å²) in [7, 11) is -4.67. The molecule has 0 saturated heterocycles. The molecule has 12 heteroatoms. The molecule has 0 bridgehead atoms. The van der Waals surface area contributed by atoms with Gasteiger partial charge in [-0.15, -0.1) is 0 Å². The van der Waals surface area contributed by atoms with Crippen LogP contribution in [0.15, 0.2) is 60.8 Å². The summed E-state index contributed by atoms with van der Waals surface area (Å²) < 4.78 is 32.5. The van der Waals surface area contributed by atoms with E-state index in [2.05, 4.69) is 61.8 Å². The van der Waals surface area contributed by atoms with E-state index in [0.717, 1.165) is 50.9 Å². The van der Waals surface area contributed by atoms with E-state index >= 15 is 0 Å². The zero-order valence-electron chi connectivity index (χ0n) is 33.4. The highest BCUT2D eigenvalue weighted by Crippen LogP contribution is 2.43. The van der Waals surface area contributed by atoms with Gasteiger partial charge in [-0.1, -0.05) is 146 Å². The third-order valence-electron chi connectivity index (χ3n) is 8.22. The number of aliphatic hydroxyl groups is 3. The van der Waals surface area contributed by atoms with Crippen LogP contribution in [0.5, 0.6) is 0 Å². The number of rotatable bonds is 36. The molecule has 0 aromatic rings. The highest BCUT2D eigenvalue weighted by molar-refractivity contribution is 7.47. The summed E-state index contributed by atoms with van der Waals surface area (Å²) in [6.07, 6.45) is 33.7. The van der Waals surface area contributed by atoms with Gasteiger partial charge in [0.2, 0.25) is 0 Å². The van der Waals surface area contributed by atoms with Crippen molar-refractivity contribution in [1.82, 2.24) is 0 Å². The van der Waals surface area contributed by atoms with Gasteiger partial charge in [0.25, 0.3) is 0 Å². The first-order chi connectivity index (χ1) is 26.0. The second-order valence-electron chi connectivity index (χ2n) is 14.0. The van der Waals surface area contributed by atoms with Crippen LogP contribution in [0.3, 0.4) is 0 Å². The van der Waals surface area contributed by atoms with E-state index in [1.807, 2.05) is 12.2 Å². The molecule has 0 aliphatic heterocycles. The van der Waals surface area contributed by atoms with Gasteiger partial charge in [0.15, 0.2) is 6.10 Å². The number of allylic oxidation sites excluding steroid dienone is 9. The fourth-order valence-corrected chi connectivity index (χ4v) is 5.88. The van der Waals surface area contributed by atoms with Crippen LogP contribution < -0.4 is 0 Å². The molecule has 0 saturated carbocycles. The minimum Gasteiger partial charge on any atom is -0.462 e. The lowest BCUT2D eigenvalue weighted by molar-refractivity contribution is -0.161. The number of carbonyl (C=O) groups is 2. The Kier molecular flexibility index (Phi) is 34.7. The van der Waals surface area contributed by atoms with Crippen molar-refractivity contribution in [2.75, 3.05) is 26.4 Å². The first-order valence-electron chi connectivity index (χ1n) is 20.2. The van der Waals surface area contributed by atoms with E-state index in [0.29, 0.717) is 19.3 Å². The fraction of sp³-hybridized carbons (Fsp3) is 0.714. The van der Waals surface area contributed by atoms with E-state index in [1.165, 1.54) is 44.9 Å². The second kappa shape index (κ2) is 36.3. The molecular weight excluding hydrogens is 711 g/mol. The van der Waals surface area contributed by atoms with Crippen LogP contribution in [0, 0.1) is 5.92 Å². The van der Waals surface area contributed by atoms with Crippen molar-refractivity contribution < 1.29 is 52.9 Å². The van der Waals surface area contributed by atoms with Gasteiger partial charge in [-0.25, -0.2) is 4.57 Å². The Morgan fingerprint density at radius 3 is 1.78 bits per heavy atom. The van der Waals surface area contributed by atoms with Gasteiger partial charge >= 0.3 is 19.8 Å². The summed E-state index contributed by atoms with van der Waals surface area (Å²) in [5.41, 5.74) is 0. The van der Waals surface area contributed by atoms with Crippen molar-refractivity contribution in [3.05, 3.63) is 60.8 Å². The van der Waals surface area contributed by atoms with Gasteiger partial charge < -0.3 is 29.7 Å². The number of hydrogen-bond donors (Lipinski definition) is 4. The predicted molar refractivity (Wildman–Crippen MR) is 216 cm³/mol. The molecular formula is C42H73O11P. The van der Waals surface area contributed by atoms with Crippen LogP contribution in [0.4, 0.5) is 0 Å². The normalized spacial score (nSPS) is 15.3. The summed E-state index contributed by atoms with van der Waals surface area (Å²) in [6.45, 7) is 4.31. The van der Waals surface area contributed by atoms with E-state index < -0.39 is 57.9 Å². The maximum Gasteiger partial charge on any atom is 0.472 e. The van der Waals surface area contributed by atoms with Crippen molar-refractivity contribution in [3.63, 3.8) is 0 Å². The summed E-state index contributed by atoms with van der Waals surface area (Å²) in [5, 5.41) is 28.6. The van der Waals surface area contributed by atoms with Crippen molar-refractivity contribution in [2.45, 2.75) is 161 Å². The molecule has 0 amide bonds. The van der Waals surface area contributed by atoms with Gasteiger partial charge in [-0.2, -0.15) is 0 Å². The Bertz CT molecular complexity index is 1120. The lowest BCUT2D eigenvalue weighted by Crippen LogP contribution is -2.30. The number of phosphoric ester groups is 1.